The van der Waals surface area contributed by atoms with Crippen LogP contribution < -0.4 is 5.73 Å². The molecule has 1 rings (SSSR count). The van der Waals surface area contributed by atoms with Gasteiger partial charge in [0.25, 0.3) is 0 Å². The van der Waals surface area contributed by atoms with Crippen molar-refractivity contribution in [2.75, 3.05) is 0 Å². The number of hydrogen-bond donors (Lipinski definition) is 1. The Labute approximate surface area is 91.7 Å². The second-order valence-corrected chi connectivity index (χ2v) is 4.17. The fourth-order valence-electron chi connectivity index (χ4n) is 1.97. The first-order valence-corrected chi connectivity index (χ1v) is 5.76. The maximum absolute atomic E-state index is 10.7. The highest BCUT2D eigenvalue weighted by molar-refractivity contribution is 5.73. The zero-order valence-electron chi connectivity index (χ0n) is 9.61. The molecule has 0 aromatic carbocycles. The molecule has 3 nitrogen and oxygen atoms in total. The number of hydrogen-bond acceptors (Lipinski definition) is 3. The summed E-state index contributed by atoms with van der Waals surface area (Å²) < 4.78 is 5.88. The maximum atomic E-state index is 10.7. The summed E-state index contributed by atoms with van der Waals surface area (Å²) in [6.07, 6.45) is 6.65. The van der Waals surface area contributed by atoms with Crippen LogP contribution in [0.15, 0.2) is 11.6 Å². The SMILES string of the molecule is CCC(CC)O[C@@H]1C=C(C=O)C[C@H](N)C1. The minimum Gasteiger partial charge on any atom is -0.371 e. The number of carbonyl (C=O) groups is 1. The minimum atomic E-state index is 0.0267. The molecule has 2 N–H and O–H groups in total. The molecule has 0 spiro atoms. The van der Waals surface area contributed by atoms with Crippen molar-refractivity contribution in [3.05, 3.63) is 11.6 Å². The first-order valence-electron chi connectivity index (χ1n) is 5.76. The van der Waals surface area contributed by atoms with Gasteiger partial charge in [0.2, 0.25) is 0 Å². The van der Waals surface area contributed by atoms with E-state index in [-0.39, 0.29) is 18.2 Å². The zero-order chi connectivity index (χ0) is 11.3. The highest BCUT2D eigenvalue weighted by Gasteiger charge is 2.21. The van der Waals surface area contributed by atoms with Crippen LogP contribution in [0.5, 0.6) is 0 Å². The Bertz CT molecular complexity index is 234. The van der Waals surface area contributed by atoms with E-state index in [0.29, 0.717) is 6.42 Å². The lowest BCUT2D eigenvalue weighted by Crippen LogP contribution is -2.33. The normalized spacial score (nSPS) is 26.5. The van der Waals surface area contributed by atoms with Crippen molar-refractivity contribution in [2.24, 2.45) is 5.73 Å². The topological polar surface area (TPSA) is 52.3 Å². The molecule has 0 aliphatic heterocycles. The van der Waals surface area contributed by atoms with Gasteiger partial charge < -0.3 is 10.5 Å². The average molecular weight is 211 g/mol. The van der Waals surface area contributed by atoms with Crippen LogP contribution in [-0.4, -0.2) is 24.5 Å². The molecule has 86 valence electrons. The fourth-order valence-corrected chi connectivity index (χ4v) is 1.97. The number of nitrogens with two attached hydrogens (primary N) is 1. The van der Waals surface area contributed by atoms with Crippen LogP contribution in [0.25, 0.3) is 0 Å². The van der Waals surface area contributed by atoms with Crippen molar-refractivity contribution in [1.29, 1.82) is 0 Å². The molecular formula is C12H21NO2. The second-order valence-electron chi connectivity index (χ2n) is 4.17. The molecule has 0 unspecified atom stereocenters. The summed E-state index contributed by atoms with van der Waals surface area (Å²) in [6.45, 7) is 4.22. The molecule has 0 fully saturated rings. The van der Waals surface area contributed by atoms with Gasteiger partial charge in [-0.25, -0.2) is 0 Å². The van der Waals surface area contributed by atoms with Gasteiger partial charge in [-0.3, -0.25) is 4.79 Å². The van der Waals surface area contributed by atoms with Crippen molar-refractivity contribution in [2.45, 2.75) is 57.8 Å². The van der Waals surface area contributed by atoms with Crippen LogP contribution in [0.1, 0.15) is 39.5 Å². The fraction of sp³-hybridized carbons (Fsp3) is 0.750. The molecule has 3 heteroatoms. The van der Waals surface area contributed by atoms with Crippen LogP contribution in [0.4, 0.5) is 0 Å². The largest absolute Gasteiger partial charge is 0.371 e. The van der Waals surface area contributed by atoms with Crippen LogP contribution in [0.3, 0.4) is 0 Å². The van der Waals surface area contributed by atoms with E-state index in [4.69, 9.17) is 10.5 Å². The Hall–Kier alpha value is -0.670. The Kier molecular flexibility index (Phi) is 4.99. The molecule has 0 bridgehead atoms. The van der Waals surface area contributed by atoms with Crippen LogP contribution in [-0.2, 0) is 9.53 Å². The summed E-state index contributed by atoms with van der Waals surface area (Å²) >= 11 is 0. The summed E-state index contributed by atoms with van der Waals surface area (Å²) in [7, 11) is 0. The van der Waals surface area contributed by atoms with Gasteiger partial charge >= 0.3 is 0 Å². The second kappa shape index (κ2) is 6.03. The summed E-state index contributed by atoms with van der Waals surface area (Å²) in [5.74, 6) is 0. The minimum absolute atomic E-state index is 0.0267. The number of rotatable bonds is 5. The van der Waals surface area contributed by atoms with Crippen LogP contribution in [0.2, 0.25) is 0 Å². The van der Waals surface area contributed by atoms with Gasteiger partial charge in [0.15, 0.2) is 0 Å². The summed E-state index contributed by atoms with van der Waals surface area (Å²) in [6, 6.07) is 0.0644. The van der Waals surface area contributed by atoms with E-state index in [2.05, 4.69) is 13.8 Å². The first kappa shape index (κ1) is 12.4. The quantitative estimate of drug-likeness (QED) is 0.705. The lowest BCUT2D eigenvalue weighted by atomic mass is 9.94. The highest BCUT2D eigenvalue weighted by atomic mass is 16.5. The molecule has 0 heterocycles. The smallest absolute Gasteiger partial charge is 0.145 e. The molecular weight excluding hydrogens is 190 g/mol. The van der Waals surface area contributed by atoms with Crippen molar-refractivity contribution in [3.63, 3.8) is 0 Å². The van der Waals surface area contributed by atoms with E-state index in [0.717, 1.165) is 31.1 Å². The van der Waals surface area contributed by atoms with E-state index < -0.39 is 0 Å². The van der Waals surface area contributed by atoms with E-state index in [1.807, 2.05) is 6.08 Å². The third kappa shape index (κ3) is 3.76. The van der Waals surface area contributed by atoms with E-state index in [1.165, 1.54) is 0 Å². The molecule has 0 amide bonds. The molecule has 0 saturated heterocycles. The van der Waals surface area contributed by atoms with Crippen molar-refractivity contribution >= 4 is 6.29 Å². The third-order valence-electron chi connectivity index (χ3n) is 2.86. The van der Waals surface area contributed by atoms with Gasteiger partial charge in [-0.15, -0.1) is 0 Å². The van der Waals surface area contributed by atoms with E-state index in [1.54, 1.807) is 0 Å². The van der Waals surface area contributed by atoms with Crippen LogP contribution >= 0.6 is 0 Å². The van der Waals surface area contributed by atoms with Crippen molar-refractivity contribution in [1.82, 2.24) is 0 Å². The van der Waals surface area contributed by atoms with Crippen molar-refractivity contribution in [3.8, 4) is 0 Å². The molecule has 0 saturated carbocycles. The third-order valence-corrected chi connectivity index (χ3v) is 2.86. The Morgan fingerprint density at radius 3 is 2.80 bits per heavy atom. The predicted octanol–water partition coefficient (Wildman–Crippen LogP) is 1.81. The molecule has 1 aliphatic carbocycles. The van der Waals surface area contributed by atoms with Gasteiger partial charge in [0, 0.05) is 6.04 Å². The van der Waals surface area contributed by atoms with Gasteiger partial charge in [0.05, 0.1) is 12.2 Å². The van der Waals surface area contributed by atoms with Gasteiger partial charge in [-0.05, 0) is 37.3 Å². The van der Waals surface area contributed by atoms with E-state index >= 15 is 0 Å². The number of ether oxygens (including phenoxy) is 1. The standard InChI is InChI=1S/C12H21NO2/c1-3-11(4-2)15-12-6-9(8-14)5-10(13)7-12/h6,8,10-12H,3-5,7,13H2,1-2H3/t10-,12+/m0/s1. The molecule has 15 heavy (non-hydrogen) atoms. The molecule has 0 aromatic rings. The molecule has 2 atom stereocenters. The Morgan fingerprint density at radius 1 is 1.60 bits per heavy atom. The number of carbonyl (C=O) groups excluding carboxylic acids is 1. The molecule has 1 aliphatic rings. The Balaban J connectivity index is 2.57. The molecule has 0 aromatic heterocycles. The van der Waals surface area contributed by atoms with E-state index in [9.17, 15) is 4.79 Å². The molecule has 0 radical (unpaired) electrons. The summed E-state index contributed by atoms with van der Waals surface area (Å²) in [4.78, 5) is 10.7. The number of aldehydes is 1. The van der Waals surface area contributed by atoms with Gasteiger partial charge in [0.1, 0.15) is 6.29 Å². The lowest BCUT2D eigenvalue weighted by molar-refractivity contribution is -0.105. The zero-order valence-corrected chi connectivity index (χ0v) is 9.61. The first-order chi connectivity index (χ1) is 7.19. The highest BCUT2D eigenvalue weighted by Crippen LogP contribution is 2.20. The predicted molar refractivity (Wildman–Crippen MR) is 60.6 cm³/mol. The lowest BCUT2D eigenvalue weighted by Gasteiger charge is -2.27. The van der Waals surface area contributed by atoms with Gasteiger partial charge in [-0.1, -0.05) is 13.8 Å². The monoisotopic (exact) mass is 211 g/mol. The van der Waals surface area contributed by atoms with Crippen LogP contribution in [0, 0.1) is 0 Å². The van der Waals surface area contributed by atoms with Crippen molar-refractivity contribution < 1.29 is 9.53 Å². The average Bonchev–Trinajstić information content (AvgIpc) is 2.25. The summed E-state index contributed by atoms with van der Waals surface area (Å²) in [5.41, 5.74) is 6.65. The van der Waals surface area contributed by atoms with Gasteiger partial charge in [-0.2, -0.15) is 0 Å². The maximum Gasteiger partial charge on any atom is 0.145 e. The Morgan fingerprint density at radius 2 is 2.27 bits per heavy atom. The summed E-state index contributed by atoms with van der Waals surface area (Å²) in [5, 5.41) is 0.